The minimum absolute atomic E-state index is 0.0231. The molecule has 0 saturated carbocycles. The van der Waals surface area contributed by atoms with Crippen LogP contribution in [0.15, 0.2) is 36.4 Å². The van der Waals surface area contributed by atoms with E-state index in [1.807, 2.05) is 43.0 Å². The number of piperidine rings is 1. The summed E-state index contributed by atoms with van der Waals surface area (Å²) in [5.41, 5.74) is 3.16. The molecule has 29 heavy (non-hydrogen) atoms. The van der Waals surface area contributed by atoms with Crippen molar-refractivity contribution in [3.8, 4) is 0 Å². The Labute approximate surface area is 172 Å². The largest absolute Gasteiger partial charge is 0.355 e. The molecule has 1 fully saturated rings. The second-order valence-electron chi connectivity index (χ2n) is 7.77. The average molecular weight is 395 g/mol. The van der Waals surface area contributed by atoms with Crippen LogP contribution >= 0.6 is 0 Å². The number of amides is 2. The Morgan fingerprint density at radius 1 is 1.14 bits per heavy atom. The first-order valence-electron chi connectivity index (χ1n) is 10.4. The maximum Gasteiger partial charge on any atom is 0.224 e. The van der Waals surface area contributed by atoms with Crippen LogP contribution in [0.3, 0.4) is 0 Å². The van der Waals surface area contributed by atoms with Crippen molar-refractivity contribution in [2.75, 3.05) is 19.6 Å². The van der Waals surface area contributed by atoms with E-state index >= 15 is 0 Å². The van der Waals surface area contributed by atoms with E-state index in [2.05, 4.69) is 27.4 Å². The van der Waals surface area contributed by atoms with Crippen LogP contribution < -0.4 is 5.32 Å². The van der Waals surface area contributed by atoms with Gasteiger partial charge in [-0.2, -0.15) is 0 Å². The van der Waals surface area contributed by atoms with Crippen molar-refractivity contribution in [1.82, 2.24) is 20.2 Å². The summed E-state index contributed by atoms with van der Waals surface area (Å²) in [7, 11) is 0. The summed E-state index contributed by atoms with van der Waals surface area (Å²) in [6.07, 6.45) is 3.54. The Kier molecular flexibility index (Phi) is 7.33. The third-order valence-electron chi connectivity index (χ3n) is 5.28. The van der Waals surface area contributed by atoms with E-state index in [4.69, 9.17) is 0 Å². The molecule has 2 aromatic rings. The lowest BCUT2D eigenvalue weighted by Crippen LogP contribution is -2.46. The van der Waals surface area contributed by atoms with Crippen LogP contribution in [0.2, 0.25) is 0 Å². The molecule has 0 bridgehead atoms. The van der Waals surface area contributed by atoms with Gasteiger partial charge in [-0.3, -0.25) is 9.59 Å². The zero-order valence-corrected chi connectivity index (χ0v) is 17.4. The molecule has 6 nitrogen and oxygen atoms in total. The Balaban J connectivity index is 1.43. The van der Waals surface area contributed by atoms with Crippen LogP contribution in [-0.4, -0.2) is 46.3 Å². The van der Waals surface area contributed by atoms with E-state index < -0.39 is 0 Å². The summed E-state index contributed by atoms with van der Waals surface area (Å²) in [6.45, 7) is 5.62. The molecule has 1 N–H and O–H groups in total. The van der Waals surface area contributed by atoms with Gasteiger partial charge in [-0.25, -0.2) is 9.97 Å². The second kappa shape index (κ2) is 10.1. The first kappa shape index (κ1) is 21.0. The Hall–Kier alpha value is -2.76. The van der Waals surface area contributed by atoms with E-state index in [1.165, 1.54) is 5.56 Å². The van der Waals surface area contributed by atoms with E-state index in [0.29, 0.717) is 38.9 Å². The highest BCUT2D eigenvalue weighted by atomic mass is 16.2. The maximum atomic E-state index is 12.6. The molecule has 0 radical (unpaired) electrons. The van der Waals surface area contributed by atoms with Gasteiger partial charge < -0.3 is 10.2 Å². The predicted molar refractivity (Wildman–Crippen MR) is 112 cm³/mol. The standard InChI is InChI=1S/C23H30N4O2/c1-17-15-18(2)26-21(25-17)12-13-24-23(29)20-10-11-22(28)27(16-20)14-6-9-19-7-4-3-5-8-19/h3-5,7-8,15,20H,6,9-14,16H2,1-2H3,(H,24,29)/t20-/m0/s1. The Morgan fingerprint density at radius 3 is 2.59 bits per heavy atom. The van der Waals surface area contributed by atoms with Crippen LogP contribution in [0.1, 0.15) is 42.0 Å². The minimum atomic E-state index is -0.135. The minimum Gasteiger partial charge on any atom is -0.355 e. The van der Waals surface area contributed by atoms with E-state index in [9.17, 15) is 9.59 Å². The molecule has 0 unspecified atom stereocenters. The number of likely N-dealkylation sites (tertiary alicyclic amines) is 1. The molecular formula is C23H30N4O2. The number of aryl methyl sites for hydroxylation is 3. The summed E-state index contributed by atoms with van der Waals surface area (Å²) in [5.74, 6) is 0.800. The zero-order valence-electron chi connectivity index (χ0n) is 17.4. The lowest BCUT2D eigenvalue weighted by atomic mass is 9.96. The second-order valence-corrected chi connectivity index (χ2v) is 7.77. The number of carbonyl (C=O) groups excluding carboxylic acids is 2. The average Bonchev–Trinajstić information content (AvgIpc) is 2.69. The van der Waals surface area contributed by atoms with E-state index in [1.54, 1.807) is 0 Å². The molecule has 154 valence electrons. The SMILES string of the molecule is Cc1cc(C)nc(CCNC(=O)[C@H]2CCC(=O)N(CCCc3ccccc3)C2)n1. The quantitative estimate of drug-likeness (QED) is 0.747. The molecule has 0 aliphatic carbocycles. The first-order chi connectivity index (χ1) is 14.0. The van der Waals surface area contributed by atoms with Gasteiger partial charge in [0.2, 0.25) is 11.8 Å². The third kappa shape index (κ3) is 6.38. The van der Waals surface area contributed by atoms with Crippen molar-refractivity contribution in [1.29, 1.82) is 0 Å². The summed E-state index contributed by atoms with van der Waals surface area (Å²) in [4.78, 5) is 35.5. The number of nitrogens with one attached hydrogen (secondary N) is 1. The van der Waals surface area contributed by atoms with Gasteiger partial charge in [-0.05, 0) is 44.7 Å². The smallest absolute Gasteiger partial charge is 0.224 e. The van der Waals surface area contributed by atoms with Crippen molar-refractivity contribution in [3.05, 3.63) is 59.2 Å². The lowest BCUT2D eigenvalue weighted by molar-refractivity contribution is -0.138. The van der Waals surface area contributed by atoms with Gasteiger partial charge >= 0.3 is 0 Å². The van der Waals surface area contributed by atoms with Crippen LogP contribution in [0, 0.1) is 19.8 Å². The molecule has 1 aliphatic heterocycles. The fourth-order valence-electron chi connectivity index (χ4n) is 3.82. The normalized spacial score (nSPS) is 16.7. The third-order valence-corrected chi connectivity index (χ3v) is 5.28. The van der Waals surface area contributed by atoms with Crippen LogP contribution in [0.25, 0.3) is 0 Å². The van der Waals surface area contributed by atoms with Crippen LogP contribution in [0.5, 0.6) is 0 Å². The van der Waals surface area contributed by atoms with Gasteiger partial charge in [-0.15, -0.1) is 0 Å². The van der Waals surface area contributed by atoms with Gasteiger partial charge in [0.1, 0.15) is 5.82 Å². The Morgan fingerprint density at radius 2 is 1.86 bits per heavy atom. The van der Waals surface area contributed by atoms with Crippen LogP contribution in [0.4, 0.5) is 0 Å². The monoisotopic (exact) mass is 394 g/mol. The number of nitrogens with zero attached hydrogens (tertiary/aromatic N) is 3. The fourth-order valence-corrected chi connectivity index (χ4v) is 3.82. The molecule has 0 spiro atoms. The zero-order chi connectivity index (χ0) is 20.6. The summed E-state index contributed by atoms with van der Waals surface area (Å²) in [5, 5.41) is 3.00. The fraction of sp³-hybridized carbons (Fsp3) is 0.478. The molecule has 1 aromatic heterocycles. The van der Waals surface area contributed by atoms with Crippen molar-refractivity contribution < 1.29 is 9.59 Å². The van der Waals surface area contributed by atoms with Crippen molar-refractivity contribution in [2.24, 2.45) is 5.92 Å². The lowest BCUT2D eigenvalue weighted by Gasteiger charge is -2.32. The number of hydrogen-bond donors (Lipinski definition) is 1. The first-order valence-corrected chi connectivity index (χ1v) is 10.4. The highest BCUT2D eigenvalue weighted by Crippen LogP contribution is 2.18. The molecule has 3 rings (SSSR count). The Bertz CT molecular complexity index is 818. The summed E-state index contributed by atoms with van der Waals surface area (Å²) >= 11 is 0. The topological polar surface area (TPSA) is 75.2 Å². The van der Waals surface area contributed by atoms with E-state index in [-0.39, 0.29) is 17.7 Å². The number of rotatable bonds is 8. The molecule has 1 atom stereocenters. The number of hydrogen-bond acceptors (Lipinski definition) is 4. The van der Waals surface area contributed by atoms with Gasteiger partial charge in [0.15, 0.2) is 0 Å². The van der Waals surface area contributed by atoms with Gasteiger partial charge in [-0.1, -0.05) is 30.3 Å². The van der Waals surface area contributed by atoms with Gasteiger partial charge in [0, 0.05) is 43.9 Å². The van der Waals surface area contributed by atoms with Crippen molar-refractivity contribution >= 4 is 11.8 Å². The highest BCUT2D eigenvalue weighted by molar-refractivity contribution is 5.83. The molecule has 6 heteroatoms. The molecule has 2 heterocycles. The van der Waals surface area contributed by atoms with E-state index in [0.717, 1.165) is 30.1 Å². The number of aromatic nitrogens is 2. The van der Waals surface area contributed by atoms with Gasteiger partial charge in [0.05, 0.1) is 5.92 Å². The summed E-state index contributed by atoms with van der Waals surface area (Å²) in [6, 6.07) is 12.2. The predicted octanol–water partition coefficient (Wildman–Crippen LogP) is 2.62. The van der Waals surface area contributed by atoms with Crippen molar-refractivity contribution in [3.63, 3.8) is 0 Å². The number of carbonyl (C=O) groups is 2. The molecule has 2 amide bonds. The van der Waals surface area contributed by atoms with Crippen LogP contribution in [-0.2, 0) is 22.4 Å². The van der Waals surface area contributed by atoms with Gasteiger partial charge in [0.25, 0.3) is 0 Å². The highest BCUT2D eigenvalue weighted by Gasteiger charge is 2.29. The summed E-state index contributed by atoms with van der Waals surface area (Å²) < 4.78 is 0. The molecule has 1 aliphatic rings. The molecule has 1 aromatic carbocycles. The molecular weight excluding hydrogens is 364 g/mol. The maximum absolute atomic E-state index is 12.6. The number of benzene rings is 1. The molecule has 1 saturated heterocycles. The van der Waals surface area contributed by atoms with Crippen molar-refractivity contribution in [2.45, 2.75) is 46.0 Å².